The zero-order chi connectivity index (χ0) is 16.3. The Bertz CT molecular complexity index is 837. The molecule has 0 bridgehead atoms. The lowest BCUT2D eigenvalue weighted by molar-refractivity contribution is -0.151. The van der Waals surface area contributed by atoms with E-state index in [9.17, 15) is 19.5 Å². The Morgan fingerprint density at radius 1 is 1.41 bits per heavy atom. The Balaban J connectivity index is 2.46. The first-order chi connectivity index (χ1) is 10.4. The molecule has 0 aliphatic carbocycles. The second-order valence-corrected chi connectivity index (χ2v) is 4.77. The summed E-state index contributed by atoms with van der Waals surface area (Å²) in [5.74, 6) is -2.78. The third kappa shape index (κ3) is 3.17. The van der Waals surface area contributed by atoms with Gasteiger partial charge in [-0.3, -0.25) is 9.59 Å². The van der Waals surface area contributed by atoms with E-state index in [0.717, 1.165) is 0 Å². The van der Waals surface area contributed by atoms with Crippen molar-refractivity contribution in [3.63, 3.8) is 0 Å². The molecule has 0 amide bonds. The monoisotopic (exact) mass is 321 g/mol. The van der Waals surface area contributed by atoms with Gasteiger partial charge in [0.05, 0.1) is 12.2 Å². The summed E-state index contributed by atoms with van der Waals surface area (Å²) in [6, 6.07) is 4.67. The number of carbonyl (C=O) groups is 2. The maximum absolute atomic E-state index is 12.3. The molecule has 0 saturated heterocycles. The van der Waals surface area contributed by atoms with Crippen LogP contribution in [-0.2, 0) is 14.3 Å². The molecule has 2 N–H and O–H groups in total. The van der Waals surface area contributed by atoms with Crippen molar-refractivity contribution in [3.05, 3.63) is 51.3 Å². The predicted molar refractivity (Wildman–Crippen MR) is 81.8 cm³/mol. The van der Waals surface area contributed by atoms with Gasteiger partial charge in [-0.05, 0) is 25.1 Å². The number of H-pyrrole nitrogens is 1. The summed E-state index contributed by atoms with van der Waals surface area (Å²) in [6.07, 6.45) is 1.90. The van der Waals surface area contributed by atoms with Crippen LogP contribution in [0.1, 0.15) is 12.5 Å². The Labute approximate surface area is 130 Å². The fourth-order valence-corrected chi connectivity index (χ4v) is 2.02. The highest BCUT2D eigenvalue weighted by atomic mass is 35.5. The minimum atomic E-state index is -1.10. The Morgan fingerprint density at radius 2 is 2.14 bits per heavy atom. The number of carbonyl (C=O) groups excluding carboxylic acids is 2. The van der Waals surface area contributed by atoms with E-state index in [1.54, 1.807) is 19.1 Å². The van der Waals surface area contributed by atoms with Crippen LogP contribution in [0.25, 0.3) is 16.7 Å². The van der Waals surface area contributed by atoms with Gasteiger partial charge >= 0.3 is 5.97 Å². The number of aliphatic hydroxyl groups excluding tert-OH is 1. The fourth-order valence-electron chi connectivity index (χ4n) is 1.84. The number of rotatable bonds is 4. The second kappa shape index (κ2) is 6.44. The first-order valence-electron chi connectivity index (χ1n) is 6.37. The molecule has 0 unspecified atom stereocenters. The van der Waals surface area contributed by atoms with Gasteiger partial charge in [0.15, 0.2) is 5.43 Å². The van der Waals surface area contributed by atoms with Gasteiger partial charge in [-0.25, -0.2) is 4.79 Å². The van der Waals surface area contributed by atoms with Crippen molar-refractivity contribution >= 4 is 40.0 Å². The van der Waals surface area contributed by atoms with Crippen molar-refractivity contribution in [1.82, 2.24) is 4.98 Å². The number of nitrogens with one attached hydrogen (secondary N) is 1. The quantitative estimate of drug-likeness (QED) is 0.389. The lowest BCUT2D eigenvalue weighted by atomic mass is 10.1. The van der Waals surface area contributed by atoms with Crippen LogP contribution in [0.3, 0.4) is 0 Å². The van der Waals surface area contributed by atoms with Crippen molar-refractivity contribution in [2.24, 2.45) is 0 Å². The lowest BCUT2D eigenvalue weighted by Gasteiger charge is -2.03. The lowest BCUT2D eigenvalue weighted by Crippen LogP contribution is -2.16. The first kappa shape index (κ1) is 15.8. The Hall–Kier alpha value is -2.60. The van der Waals surface area contributed by atoms with Crippen LogP contribution in [0.2, 0.25) is 5.02 Å². The van der Waals surface area contributed by atoms with Gasteiger partial charge in [-0.1, -0.05) is 11.6 Å². The van der Waals surface area contributed by atoms with Gasteiger partial charge in [0.1, 0.15) is 5.76 Å². The topological polar surface area (TPSA) is 96.5 Å². The molecule has 0 aliphatic rings. The summed E-state index contributed by atoms with van der Waals surface area (Å²) >= 11 is 5.84. The van der Waals surface area contributed by atoms with Crippen molar-refractivity contribution in [2.45, 2.75) is 6.92 Å². The molecule has 6 nitrogen and oxygen atoms in total. The van der Waals surface area contributed by atoms with Crippen molar-refractivity contribution in [1.29, 1.82) is 0 Å². The number of aliphatic hydroxyl groups is 1. The number of ether oxygens (including phenoxy) is 1. The van der Waals surface area contributed by atoms with Crippen molar-refractivity contribution in [2.75, 3.05) is 6.61 Å². The van der Waals surface area contributed by atoms with E-state index in [-0.39, 0.29) is 17.6 Å². The summed E-state index contributed by atoms with van der Waals surface area (Å²) in [7, 11) is 0. The van der Waals surface area contributed by atoms with Crippen LogP contribution in [-0.4, -0.2) is 28.4 Å². The smallest absolute Gasteiger partial charge is 0.379 e. The van der Waals surface area contributed by atoms with Crippen molar-refractivity contribution in [3.8, 4) is 0 Å². The first-order valence-corrected chi connectivity index (χ1v) is 6.75. The van der Waals surface area contributed by atoms with Crippen LogP contribution >= 0.6 is 11.6 Å². The number of hydrogen-bond acceptors (Lipinski definition) is 5. The van der Waals surface area contributed by atoms with Gasteiger partial charge < -0.3 is 14.8 Å². The van der Waals surface area contributed by atoms with E-state index in [1.807, 2.05) is 0 Å². The van der Waals surface area contributed by atoms with E-state index in [4.69, 9.17) is 11.6 Å². The molecule has 22 heavy (non-hydrogen) atoms. The van der Waals surface area contributed by atoms with Gasteiger partial charge in [0.25, 0.3) is 5.78 Å². The summed E-state index contributed by atoms with van der Waals surface area (Å²) < 4.78 is 4.51. The average molecular weight is 322 g/mol. The Kier molecular flexibility index (Phi) is 4.62. The van der Waals surface area contributed by atoms with E-state index < -0.39 is 22.9 Å². The van der Waals surface area contributed by atoms with Crippen LogP contribution in [0.15, 0.2) is 35.3 Å². The normalized spacial score (nSPS) is 11.5. The van der Waals surface area contributed by atoms with Crippen LogP contribution in [0.5, 0.6) is 0 Å². The Morgan fingerprint density at radius 3 is 2.82 bits per heavy atom. The van der Waals surface area contributed by atoms with E-state index >= 15 is 0 Å². The molecule has 0 fully saturated rings. The molecule has 0 saturated carbocycles. The molecular weight excluding hydrogens is 310 g/mol. The highest BCUT2D eigenvalue weighted by Gasteiger charge is 2.16. The molecule has 0 spiro atoms. The summed E-state index contributed by atoms with van der Waals surface area (Å²) in [5, 5.41) is 10.5. The number of pyridine rings is 1. The van der Waals surface area contributed by atoms with E-state index in [1.165, 1.54) is 12.3 Å². The van der Waals surface area contributed by atoms with Crippen LogP contribution in [0, 0.1) is 0 Å². The molecule has 0 atom stereocenters. The number of halogens is 1. The fraction of sp³-hybridized carbons (Fsp3) is 0.133. The summed E-state index contributed by atoms with van der Waals surface area (Å²) in [4.78, 5) is 37.8. The van der Waals surface area contributed by atoms with Gasteiger partial charge in [0.2, 0.25) is 0 Å². The number of aromatic amines is 1. The standard InChI is InChI=1S/C15H12ClNO5/c1-2-22-15(21)13(19)6-12(18)10-7-17-11-4-3-8(16)5-9(11)14(10)20/h3-7,18H,2H2,1H3,(H,17,20). The van der Waals surface area contributed by atoms with E-state index in [2.05, 4.69) is 9.72 Å². The number of fused-ring (bicyclic) bond motifs is 1. The highest BCUT2D eigenvalue weighted by molar-refractivity contribution is 6.39. The minimum Gasteiger partial charge on any atom is -0.507 e. The van der Waals surface area contributed by atoms with Crippen LogP contribution < -0.4 is 5.43 Å². The molecule has 2 rings (SSSR count). The zero-order valence-corrected chi connectivity index (χ0v) is 12.3. The summed E-state index contributed by atoms with van der Waals surface area (Å²) in [5.41, 5.74) is -0.128. The third-order valence-corrected chi connectivity index (χ3v) is 3.10. The zero-order valence-electron chi connectivity index (χ0n) is 11.6. The number of hydrogen-bond donors (Lipinski definition) is 2. The molecule has 0 aliphatic heterocycles. The van der Waals surface area contributed by atoms with Gasteiger partial charge in [-0.15, -0.1) is 0 Å². The third-order valence-electron chi connectivity index (χ3n) is 2.86. The molecule has 1 aromatic heterocycles. The van der Waals surface area contributed by atoms with Crippen molar-refractivity contribution < 1.29 is 19.4 Å². The van der Waals surface area contributed by atoms with Crippen LogP contribution in [0.4, 0.5) is 0 Å². The predicted octanol–water partition coefficient (Wildman–Crippen LogP) is 2.21. The SMILES string of the molecule is CCOC(=O)C(=O)C=C(O)c1c[nH]c2ccc(Cl)cc2c1=O. The number of ketones is 1. The largest absolute Gasteiger partial charge is 0.507 e. The molecule has 2 aromatic rings. The number of benzene rings is 1. The highest BCUT2D eigenvalue weighted by Crippen LogP contribution is 2.17. The number of esters is 1. The molecule has 1 heterocycles. The number of aromatic nitrogens is 1. The molecular formula is C15H12ClNO5. The maximum Gasteiger partial charge on any atom is 0.379 e. The molecule has 7 heteroatoms. The minimum absolute atomic E-state index is 0.0359. The van der Waals surface area contributed by atoms with Gasteiger partial charge in [0, 0.05) is 28.2 Å². The van der Waals surface area contributed by atoms with Gasteiger partial charge in [-0.2, -0.15) is 0 Å². The molecule has 114 valence electrons. The average Bonchev–Trinajstić information content (AvgIpc) is 2.48. The molecule has 1 aromatic carbocycles. The van der Waals surface area contributed by atoms with E-state index in [0.29, 0.717) is 16.6 Å². The summed E-state index contributed by atoms with van der Waals surface area (Å²) in [6.45, 7) is 1.58. The maximum atomic E-state index is 12.3. The second-order valence-electron chi connectivity index (χ2n) is 4.34. The molecule has 0 radical (unpaired) electrons.